The maximum absolute atomic E-state index is 9.29. The number of hydrogen-bond donors (Lipinski definition) is 1. The van der Waals surface area contributed by atoms with Gasteiger partial charge >= 0.3 is 0 Å². The van der Waals surface area contributed by atoms with Crippen LogP contribution in [-0.4, -0.2) is 30.2 Å². The van der Waals surface area contributed by atoms with E-state index in [1.165, 1.54) is 5.56 Å². The zero-order valence-corrected chi connectivity index (χ0v) is 11.8. The van der Waals surface area contributed by atoms with Crippen LogP contribution >= 0.6 is 11.6 Å². The summed E-state index contributed by atoms with van der Waals surface area (Å²) in [4.78, 5) is 2.24. The van der Waals surface area contributed by atoms with Crippen LogP contribution in [0.4, 0.5) is 0 Å². The van der Waals surface area contributed by atoms with E-state index >= 15 is 0 Å². The van der Waals surface area contributed by atoms with Crippen molar-refractivity contribution < 1.29 is 5.11 Å². The highest BCUT2D eigenvalue weighted by molar-refractivity contribution is 6.30. The van der Waals surface area contributed by atoms with Gasteiger partial charge in [-0.25, -0.2) is 0 Å². The van der Waals surface area contributed by atoms with Crippen molar-refractivity contribution >= 4 is 11.6 Å². The van der Waals surface area contributed by atoms with Crippen molar-refractivity contribution in [2.24, 2.45) is 5.41 Å². The van der Waals surface area contributed by atoms with E-state index in [0.717, 1.165) is 11.6 Å². The minimum Gasteiger partial charge on any atom is -0.396 e. The lowest BCUT2D eigenvalue weighted by molar-refractivity contribution is 0.0985. The summed E-state index contributed by atoms with van der Waals surface area (Å²) in [5, 5.41) is 10.1. The molecule has 0 aromatic heterocycles. The van der Waals surface area contributed by atoms with Crippen molar-refractivity contribution in [1.29, 1.82) is 0 Å². The molecule has 0 amide bonds. The van der Waals surface area contributed by atoms with E-state index in [1.54, 1.807) is 0 Å². The first-order valence-electron chi connectivity index (χ1n) is 5.92. The van der Waals surface area contributed by atoms with E-state index in [1.807, 2.05) is 18.2 Å². The van der Waals surface area contributed by atoms with Gasteiger partial charge in [0.15, 0.2) is 0 Å². The fraction of sp³-hybridized carbons (Fsp3) is 0.571. The molecule has 96 valence electrons. The average molecular weight is 256 g/mol. The average Bonchev–Trinajstić information content (AvgIpc) is 2.27. The Morgan fingerprint density at radius 3 is 2.59 bits per heavy atom. The van der Waals surface area contributed by atoms with Gasteiger partial charge in [0, 0.05) is 29.6 Å². The molecule has 1 aromatic rings. The highest BCUT2D eigenvalue weighted by atomic mass is 35.5. The van der Waals surface area contributed by atoms with Crippen LogP contribution in [0.15, 0.2) is 24.3 Å². The summed E-state index contributed by atoms with van der Waals surface area (Å²) >= 11 is 6.00. The number of aliphatic hydroxyl groups is 1. The maximum atomic E-state index is 9.29. The third kappa shape index (κ3) is 4.30. The SMILES string of the molecule is CC(c1cccc(Cl)c1)N(C)CC(C)(C)CO. The van der Waals surface area contributed by atoms with Gasteiger partial charge in [0.1, 0.15) is 0 Å². The lowest BCUT2D eigenvalue weighted by Gasteiger charge is -2.32. The molecule has 1 aromatic carbocycles. The molecule has 1 atom stereocenters. The monoisotopic (exact) mass is 255 g/mol. The van der Waals surface area contributed by atoms with E-state index in [9.17, 15) is 5.11 Å². The first kappa shape index (κ1) is 14.5. The first-order valence-corrected chi connectivity index (χ1v) is 6.30. The second-order valence-corrected chi connectivity index (χ2v) is 5.90. The highest BCUT2D eigenvalue weighted by Crippen LogP contribution is 2.25. The van der Waals surface area contributed by atoms with Gasteiger partial charge in [-0.05, 0) is 31.7 Å². The zero-order chi connectivity index (χ0) is 13.1. The molecule has 0 saturated heterocycles. The summed E-state index contributed by atoms with van der Waals surface area (Å²) < 4.78 is 0. The number of rotatable bonds is 5. The Morgan fingerprint density at radius 2 is 2.06 bits per heavy atom. The minimum atomic E-state index is -0.0818. The molecule has 0 aliphatic carbocycles. The lowest BCUT2D eigenvalue weighted by Crippen LogP contribution is -2.35. The molecule has 0 radical (unpaired) electrons. The molecule has 0 bridgehead atoms. The molecule has 1 rings (SSSR count). The smallest absolute Gasteiger partial charge is 0.0494 e. The quantitative estimate of drug-likeness (QED) is 0.872. The topological polar surface area (TPSA) is 23.5 Å². The largest absolute Gasteiger partial charge is 0.396 e. The number of benzene rings is 1. The van der Waals surface area contributed by atoms with Crippen molar-refractivity contribution in [3.05, 3.63) is 34.9 Å². The zero-order valence-electron chi connectivity index (χ0n) is 11.1. The van der Waals surface area contributed by atoms with Crippen molar-refractivity contribution in [3.63, 3.8) is 0 Å². The maximum Gasteiger partial charge on any atom is 0.0494 e. The molecule has 3 heteroatoms. The molecular formula is C14H22ClNO. The van der Waals surface area contributed by atoms with Gasteiger partial charge in [0.25, 0.3) is 0 Å². The van der Waals surface area contributed by atoms with Gasteiger partial charge < -0.3 is 5.11 Å². The Bertz CT molecular complexity index is 365. The second-order valence-electron chi connectivity index (χ2n) is 5.47. The fourth-order valence-corrected chi connectivity index (χ4v) is 2.08. The molecule has 2 nitrogen and oxygen atoms in total. The number of nitrogens with zero attached hydrogens (tertiary/aromatic N) is 1. The Balaban J connectivity index is 2.73. The predicted octanol–water partition coefficient (Wildman–Crippen LogP) is 3.35. The minimum absolute atomic E-state index is 0.0818. The number of halogens is 1. The summed E-state index contributed by atoms with van der Waals surface area (Å²) in [5.74, 6) is 0. The molecule has 0 aliphatic rings. The van der Waals surface area contributed by atoms with Crippen LogP contribution in [0.3, 0.4) is 0 Å². The summed E-state index contributed by atoms with van der Waals surface area (Å²) in [6, 6.07) is 8.22. The van der Waals surface area contributed by atoms with Gasteiger partial charge in [0.05, 0.1) is 0 Å². The first-order chi connectivity index (χ1) is 7.85. The molecule has 0 fully saturated rings. The van der Waals surface area contributed by atoms with Crippen molar-refractivity contribution in [1.82, 2.24) is 4.90 Å². The number of aliphatic hydroxyl groups excluding tert-OH is 1. The van der Waals surface area contributed by atoms with E-state index < -0.39 is 0 Å². The normalized spacial score (nSPS) is 14.1. The van der Waals surface area contributed by atoms with Crippen molar-refractivity contribution in [2.45, 2.75) is 26.8 Å². The van der Waals surface area contributed by atoms with Crippen molar-refractivity contribution in [2.75, 3.05) is 20.2 Å². The Kier molecular flexibility index (Phi) is 4.99. The summed E-state index contributed by atoms with van der Waals surface area (Å²) in [7, 11) is 2.07. The summed E-state index contributed by atoms with van der Waals surface area (Å²) in [6.45, 7) is 7.32. The highest BCUT2D eigenvalue weighted by Gasteiger charge is 2.22. The Labute approximate surface area is 109 Å². The number of hydrogen-bond acceptors (Lipinski definition) is 2. The Hall–Kier alpha value is -0.570. The van der Waals surface area contributed by atoms with E-state index in [-0.39, 0.29) is 12.0 Å². The van der Waals surface area contributed by atoms with Gasteiger partial charge in [0.2, 0.25) is 0 Å². The molecule has 1 N–H and O–H groups in total. The summed E-state index contributed by atoms with van der Waals surface area (Å²) in [5.41, 5.74) is 1.12. The molecule has 0 aliphatic heterocycles. The molecule has 0 heterocycles. The lowest BCUT2D eigenvalue weighted by atomic mass is 9.93. The molecule has 17 heavy (non-hydrogen) atoms. The van der Waals surface area contributed by atoms with Crippen LogP contribution in [0.5, 0.6) is 0 Å². The third-order valence-corrected chi connectivity index (χ3v) is 3.33. The van der Waals surface area contributed by atoms with Crippen LogP contribution in [0.2, 0.25) is 5.02 Å². The van der Waals surface area contributed by atoms with E-state index in [0.29, 0.717) is 6.04 Å². The molecule has 0 spiro atoms. The standard InChI is InChI=1S/C14H22ClNO/c1-11(12-6-5-7-13(15)8-12)16(4)9-14(2,3)10-17/h5-8,11,17H,9-10H2,1-4H3. The molecule has 0 saturated carbocycles. The van der Waals surface area contributed by atoms with Gasteiger partial charge in [-0.3, -0.25) is 4.90 Å². The van der Waals surface area contributed by atoms with Crippen molar-refractivity contribution in [3.8, 4) is 0 Å². The van der Waals surface area contributed by atoms with Gasteiger partial charge in [-0.15, -0.1) is 0 Å². The van der Waals surface area contributed by atoms with Crippen LogP contribution in [0, 0.1) is 5.41 Å². The van der Waals surface area contributed by atoms with Gasteiger partial charge in [-0.1, -0.05) is 37.6 Å². The van der Waals surface area contributed by atoms with Crippen LogP contribution < -0.4 is 0 Å². The van der Waals surface area contributed by atoms with Crippen LogP contribution in [0.1, 0.15) is 32.4 Å². The van der Waals surface area contributed by atoms with E-state index in [2.05, 4.69) is 38.8 Å². The summed E-state index contributed by atoms with van der Waals surface area (Å²) in [6.07, 6.45) is 0. The third-order valence-electron chi connectivity index (χ3n) is 3.10. The van der Waals surface area contributed by atoms with Gasteiger partial charge in [-0.2, -0.15) is 0 Å². The Morgan fingerprint density at radius 1 is 1.41 bits per heavy atom. The second kappa shape index (κ2) is 5.85. The molecule has 1 unspecified atom stereocenters. The van der Waals surface area contributed by atoms with Crippen LogP contribution in [-0.2, 0) is 0 Å². The predicted molar refractivity (Wildman–Crippen MR) is 73.4 cm³/mol. The van der Waals surface area contributed by atoms with E-state index in [4.69, 9.17) is 11.6 Å². The fourth-order valence-electron chi connectivity index (χ4n) is 1.88. The van der Waals surface area contributed by atoms with Crippen LogP contribution in [0.25, 0.3) is 0 Å². The molecular weight excluding hydrogens is 234 g/mol.